The van der Waals surface area contributed by atoms with Crippen molar-refractivity contribution in [1.29, 1.82) is 0 Å². The van der Waals surface area contributed by atoms with Crippen LogP contribution in [0.3, 0.4) is 0 Å². The molecule has 38 heavy (non-hydrogen) atoms. The van der Waals surface area contributed by atoms with Gasteiger partial charge in [0.15, 0.2) is 0 Å². The molecule has 1 unspecified atom stereocenters. The quantitative estimate of drug-likeness (QED) is 0.404. The van der Waals surface area contributed by atoms with Gasteiger partial charge in [0.2, 0.25) is 5.91 Å². The van der Waals surface area contributed by atoms with Crippen molar-refractivity contribution in [3.63, 3.8) is 0 Å². The van der Waals surface area contributed by atoms with Crippen molar-refractivity contribution in [3.05, 3.63) is 98.4 Å². The largest absolute Gasteiger partial charge is 0.444 e. The van der Waals surface area contributed by atoms with E-state index in [4.69, 9.17) is 16.3 Å². The average molecular weight is 558 g/mol. The van der Waals surface area contributed by atoms with Gasteiger partial charge >= 0.3 is 6.09 Å². The Morgan fingerprint density at radius 3 is 2.37 bits per heavy atom. The third-order valence-corrected chi connectivity index (χ3v) is 7.11. The Morgan fingerprint density at radius 2 is 1.68 bits per heavy atom. The Morgan fingerprint density at radius 1 is 1.00 bits per heavy atom. The molecule has 0 saturated carbocycles. The molecular weight excluding hydrogens is 526 g/mol. The van der Waals surface area contributed by atoms with E-state index in [0.29, 0.717) is 21.0 Å². The highest BCUT2D eigenvalue weighted by molar-refractivity contribution is 7.84. The minimum absolute atomic E-state index is 0.00569. The molecule has 3 aromatic rings. The fraction of sp³-hybridized carbons (Fsp3) is 0.321. The maximum atomic E-state index is 13.1. The lowest BCUT2D eigenvalue weighted by Crippen LogP contribution is -2.33. The van der Waals surface area contributed by atoms with Crippen LogP contribution >= 0.6 is 11.6 Å². The van der Waals surface area contributed by atoms with Gasteiger partial charge in [0.25, 0.3) is 5.56 Å². The highest BCUT2D eigenvalue weighted by atomic mass is 35.5. The maximum absolute atomic E-state index is 13.1. The highest BCUT2D eigenvalue weighted by Crippen LogP contribution is 2.17. The zero-order chi connectivity index (χ0) is 27.9. The molecule has 1 atom stereocenters. The smallest absolute Gasteiger partial charge is 0.407 e. The standard InChI is InChI=1S/C28H32ClN3O5S/c1-19-12-13-32(18-38(36)23-8-6-5-7-9-23)26(34)24(19)15-25(33)30-17-21-14-22(29)11-10-20(21)16-31-27(35)37-28(2,3)4/h5-14H,15-18H2,1-4H3,(H,30,33)(H,31,35). The number of carbonyl (C=O) groups is 2. The van der Waals surface area contributed by atoms with Gasteiger partial charge in [-0.1, -0.05) is 35.9 Å². The van der Waals surface area contributed by atoms with E-state index in [1.54, 1.807) is 82.4 Å². The lowest BCUT2D eigenvalue weighted by molar-refractivity contribution is -0.120. The monoisotopic (exact) mass is 557 g/mol. The van der Waals surface area contributed by atoms with E-state index in [1.807, 2.05) is 6.07 Å². The van der Waals surface area contributed by atoms with Crippen LogP contribution in [0.2, 0.25) is 5.02 Å². The highest BCUT2D eigenvalue weighted by Gasteiger charge is 2.17. The molecule has 0 radical (unpaired) electrons. The van der Waals surface area contributed by atoms with Crippen LogP contribution in [-0.2, 0) is 45.7 Å². The first-order valence-corrected chi connectivity index (χ1v) is 13.8. The first kappa shape index (κ1) is 29.1. The molecule has 0 aliphatic rings. The van der Waals surface area contributed by atoms with Crippen LogP contribution in [0.4, 0.5) is 4.79 Å². The second-order valence-electron chi connectivity index (χ2n) is 9.76. The van der Waals surface area contributed by atoms with E-state index >= 15 is 0 Å². The summed E-state index contributed by atoms with van der Waals surface area (Å²) < 4.78 is 19.3. The average Bonchev–Trinajstić information content (AvgIpc) is 2.86. The molecule has 0 fully saturated rings. The number of aryl methyl sites for hydroxylation is 1. The van der Waals surface area contributed by atoms with Crippen molar-refractivity contribution >= 4 is 34.4 Å². The molecule has 0 aliphatic carbocycles. The van der Waals surface area contributed by atoms with Crippen molar-refractivity contribution in [2.75, 3.05) is 0 Å². The van der Waals surface area contributed by atoms with E-state index in [1.165, 1.54) is 4.57 Å². The predicted molar refractivity (Wildman–Crippen MR) is 148 cm³/mol. The van der Waals surface area contributed by atoms with Gasteiger partial charge < -0.3 is 19.9 Å². The van der Waals surface area contributed by atoms with Gasteiger partial charge in [-0.25, -0.2) is 4.79 Å². The van der Waals surface area contributed by atoms with Crippen LogP contribution in [-0.4, -0.2) is 26.4 Å². The molecular formula is C28H32ClN3O5S. The second-order valence-corrected chi connectivity index (χ2v) is 11.6. The molecule has 8 nitrogen and oxygen atoms in total. The Bertz CT molecular complexity index is 1380. The number of hydrogen-bond donors (Lipinski definition) is 2. The second kappa shape index (κ2) is 12.9. The fourth-order valence-corrected chi connectivity index (χ4v) is 4.89. The summed E-state index contributed by atoms with van der Waals surface area (Å²) in [6.45, 7) is 7.45. The number of pyridine rings is 1. The summed E-state index contributed by atoms with van der Waals surface area (Å²) in [5.41, 5.74) is 1.54. The third kappa shape index (κ3) is 8.56. The number of benzene rings is 2. The summed E-state index contributed by atoms with van der Waals surface area (Å²) in [5, 5.41) is 6.03. The molecule has 0 aliphatic heterocycles. The van der Waals surface area contributed by atoms with Crippen molar-refractivity contribution in [3.8, 4) is 0 Å². The van der Waals surface area contributed by atoms with E-state index in [-0.39, 0.29) is 36.9 Å². The van der Waals surface area contributed by atoms with Gasteiger partial charge in [-0.3, -0.25) is 13.8 Å². The Balaban J connectivity index is 1.66. The summed E-state index contributed by atoms with van der Waals surface area (Å²) in [4.78, 5) is 38.6. The number of ether oxygens (including phenoxy) is 1. The number of nitrogens with one attached hydrogen (secondary N) is 2. The molecule has 3 rings (SSSR count). The Kier molecular flexibility index (Phi) is 9.88. The van der Waals surface area contributed by atoms with Gasteiger partial charge in [-0.2, -0.15) is 0 Å². The third-order valence-electron chi connectivity index (χ3n) is 5.57. The van der Waals surface area contributed by atoms with E-state index in [9.17, 15) is 18.6 Å². The van der Waals surface area contributed by atoms with E-state index in [2.05, 4.69) is 10.6 Å². The lowest BCUT2D eigenvalue weighted by Gasteiger charge is -2.20. The molecule has 0 bridgehead atoms. The van der Waals surface area contributed by atoms with Crippen molar-refractivity contribution in [1.82, 2.24) is 15.2 Å². The van der Waals surface area contributed by atoms with Crippen LogP contribution in [0.15, 0.2) is 70.5 Å². The zero-order valence-electron chi connectivity index (χ0n) is 21.9. The number of aromatic nitrogens is 1. The van der Waals surface area contributed by atoms with Crippen molar-refractivity contribution < 1.29 is 18.5 Å². The van der Waals surface area contributed by atoms with Crippen molar-refractivity contribution in [2.24, 2.45) is 0 Å². The van der Waals surface area contributed by atoms with Gasteiger partial charge in [0, 0.05) is 34.8 Å². The molecule has 0 spiro atoms. The minimum Gasteiger partial charge on any atom is -0.444 e. The Hall–Kier alpha value is -3.43. The van der Waals surface area contributed by atoms with Gasteiger partial charge in [-0.15, -0.1) is 0 Å². The summed E-state index contributed by atoms with van der Waals surface area (Å²) in [6, 6.07) is 15.8. The normalized spacial score (nSPS) is 12.0. The van der Waals surface area contributed by atoms with E-state index in [0.717, 1.165) is 11.1 Å². The molecule has 1 aromatic heterocycles. The number of rotatable bonds is 9. The lowest BCUT2D eigenvalue weighted by atomic mass is 10.1. The molecule has 2 amide bonds. The topological polar surface area (TPSA) is 107 Å². The van der Waals surface area contributed by atoms with Crippen molar-refractivity contribution in [2.45, 2.75) is 63.6 Å². The first-order valence-electron chi connectivity index (χ1n) is 12.1. The summed E-state index contributed by atoms with van der Waals surface area (Å²) in [6.07, 6.45) is 0.914. The zero-order valence-corrected chi connectivity index (χ0v) is 23.4. The number of nitrogens with zero attached hydrogens (tertiary/aromatic N) is 1. The molecule has 1 heterocycles. The minimum atomic E-state index is -1.41. The molecule has 2 N–H and O–H groups in total. The van der Waals surface area contributed by atoms with Crippen LogP contribution in [0.25, 0.3) is 0 Å². The fourth-order valence-electron chi connectivity index (χ4n) is 3.63. The van der Waals surface area contributed by atoms with Gasteiger partial charge in [0.05, 0.1) is 17.2 Å². The number of carbonyl (C=O) groups excluding carboxylic acids is 2. The Labute approximate surface area is 229 Å². The number of halogens is 1. The molecule has 2 aromatic carbocycles. The van der Waals surface area contributed by atoms with Gasteiger partial charge in [0.1, 0.15) is 11.5 Å². The van der Waals surface area contributed by atoms with Gasteiger partial charge in [-0.05, 0) is 74.7 Å². The summed E-state index contributed by atoms with van der Waals surface area (Å²) >= 11 is 6.16. The molecule has 0 saturated heterocycles. The van der Waals surface area contributed by atoms with Crippen LogP contribution < -0.4 is 16.2 Å². The predicted octanol–water partition coefficient (Wildman–Crippen LogP) is 4.46. The van der Waals surface area contributed by atoms with Crippen LogP contribution in [0.5, 0.6) is 0 Å². The number of hydrogen-bond acceptors (Lipinski definition) is 5. The number of alkyl carbamates (subject to hydrolysis) is 1. The maximum Gasteiger partial charge on any atom is 0.407 e. The molecule has 10 heteroatoms. The van der Waals surface area contributed by atoms with Crippen LogP contribution in [0.1, 0.15) is 43.0 Å². The molecule has 202 valence electrons. The number of amides is 2. The SMILES string of the molecule is Cc1ccn(CS(=O)c2ccccc2)c(=O)c1CC(=O)NCc1cc(Cl)ccc1CNC(=O)OC(C)(C)C. The van der Waals surface area contributed by atoms with E-state index < -0.39 is 22.5 Å². The first-order chi connectivity index (χ1) is 17.9. The summed E-state index contributed by atoms with van der Waals surface area (Å²) in [5.74, 6) is -0.355. The summed E-state index contributed by atoms with van der Waals surface area (Å²) in [7, 11) is -1.41. The van der Waals surface area contributed by atoms with Crippen LogP contribution in [0, 0.1) is 6.92 Å².